The van der Waals surface area contributed by atoms with Crippen LogP contribution in [-0.2, 0) is 22.4 Å². The van der Waals surface area contributed by atoms with Gasteiger partial charge >= 0.3 is 6.09 Å². The van der Waals surface area contributed by atoms with Crippen LogP contribution >= 0.6 is 0 Å². The molecular formula is C28H35N5O4. The quantitative estimate of drug-likeness (QED) is 0.408. The summed E-state index contributed by atoms with van der Waals surface area (Å²) in [6.07, 6.45) is 2.56. The van der Waals surface area contributed by atoms with Gasteiger partial charge in [0.2, 0.25) is 11.8 Å². The fourth-order valence-electron chi connectivity index (χ4n) is 5.32. The minimum absolute atomic E-state index is 0.0572. The number of fused-ring (bicyclic) bond motifs is 1. The zero-order valence-corrected chi connectivity index (χ0v) is 21.6. The number of H-pyrrole nitrogens is 1. The fourth-order valence-corrected chi connectivity index (χ4v) is 5.32. The molecule has 3 aromatic rings. The van der Waals surface area contributed by atoms with Gasteiger partial charge in [0.15, 0.2) is 0 Å². The van der Waals surface area contributed by atoms with Gasteiger partial charge in [-0.2, -0.15) is 0 Å². The summed E-state index contributed by atoms with van der Waals surface area (Å²) in [5.41, 5.74) is 1.99. The number of nitrogens with one attached hydrogen (secondary N) is 2. The number of piperidine rings is 1. The van der Waals surface area contributed by atoms with Gasteiger partial charge in [-0.05, 0) is 36.5 Å². The van der Waals surface area contributed by atoms with E-state index < -0.39 is 17.6 Å². The van der Waals surface area contributed by atoms with Gasteiger partial charge in [-0.1, -0.05) is 48.5 Å². The van der Waals surface area contributed by atoms with Gasteiger partial charge in [0.05, 0.1) is 5.41 Å². The number of nitrogens with zero attached hydrogens (tertiary/aromatic N) is 3. The first-order valence-electron chi connectivity index (χ1n) is 12.5. The highest BCUT2D eigenvalue weighted by Gasteiger charge is 2.46. The molecule has 2 atom stereocenters. The Labute approximate surface area is 217 Å². The molecule has 0 aliphatic carbocycles. The molecule has 1 fully saturated rings. The maximum absolute atomic E-state index is 13.8. The van der Waals surface area contributed by atoms with Crippen molar-refractivity contribution in [1.82, 2.24) is 25.2 Å². The molecule has 2 aromatic carbocycles. The van der Waals surface area contributed by atoms with Crippen molar-refractivity contribution in [2.75, 3.05) is 34.2 Å². The third-order valence-electron chi connectivity index (χ3n) is 7.32. The van der Waals surface area contributed by atoms with Crippen molar-refractivity contribution >= 4 is 28.8 Å². The van der Waals surface area contributed by atoms with E-state index in [1.807, 2.05) is 74.9 Å². The number of likely N-dealkylation sites (tertiary alicyclic amines) is 1. The lowest BCUT2D eigenvalue weighted by Crippen LogP contribution is -2.59. The van der Waals surface area contributed by atoms with Gasteiger partial charge in [-0.3, -0.25) is 14.6 Å². The van der Waals surface area contributed by atoms with Crippen LogP contribution in [0.5, 0.6) is 0 Å². The molecule has 0 unspecified atom stereocenters. The molecule has 1 aliphatic heterocycles. The lowest BCUT2D eigenvalue weighted by molar-refractivity contribution is -0.159. The number of carboxylic acid groups (broad SMARTS) is 1. The van der Waals surface area contributed by atoms with Gasteiger partial charge in [0.1, 0.15) is 6.04 Å². The number of carbonyl (C=O) groups is 3. The minimum Gasteiger partial charge on any atom is -0.465 e. The number of carbonyl (C=O) groups excluding carboxylic acids is 2. The van der Waals surface area contributed by atoms with Crippen molar-refractivity contribution in [2.24, 2.45) is 5.41 Å². The number of hydrazine groups is 1. The van der Waals surface area contributed by atoms with E-state index in [4.69, 9.17) is 0 Å². The van der Waals surface area contributed by atoms with Crippen molar-refractivity contribution in [2.45, 2.75) is 31.7 Å². The summed E-state index contributed by atoms with van der Waals surface area (Å²) in [7, 11) is 5.36. The standard InChI is InChI=1S/C28H35N5O4/c1-31(2)32(3)26(35)28(17-20-10-5-4-6-11-20)14-9-15-33(19-28)25(34)24(30-27(36)37)16-21-18-29-23-13-8-7-12-22(21)23/h4-8,10-13,18,24,29-30H,9,14-17,19H2,1-3H3,(H,36,37)/t24-,28-/m1/s1. The third kappa shape index (κ3) is 5.77. The fraction of sp³-hybridized carbons (Fsp3) is 0.393. The molecule has 196 valence electrons. The molecule has 1 aromatic heterocycles. The normalized spacial score (nSPS) is 18.5. The van der Waals surface area contributed by atoms with E-state index >= 15 is 0 Å². The van der Waals surface area contributed by atoms with E-state index in [-0.39, 0.29) is 24.8 Å². The van der Waals surface area contributed by atoms with E-state index in [1.54, 1.807) is 22.0 Å². The van der Waals surface area contributed by atoms with Crippen LogP contribution in [0.1, 0.15) is 24.0 Å². The third-order valence-corrected chi connectivity index (χ3v) is 7.32. The van der Waals surface area contributed by atoms with E-state index in [2.05, 4.69) is 10.3 Å². The number of hydrogen-bond donors (Lipinski definition) is 3. The predicted octanol–water partition coefficient (Wildman–Crippen LogP) is 3.13. The van der Waals surface area contributed by atoms with Gasteiger partial charge in [-0.25, -0.2) is 9.80 Å². The Morgan fingerprint density at radius 1 is 1.08 bits per heavy atom. The van der Waals surface area contributed by atoms with Crippen molar-refractivity contribution in [3.63, 3.8) is 0 Å². The van der Waals surface area contributed by atoms with Crippen LogP contribution in [0, 0.1) is 5.41 Å². The molecule has 0 spiro atoms. The Morgan fingerprint density at radius 3 is 2.49 bits per heavy atom. The smallest absolute Gasteiger partial charge is 0.405 e. The molecule has 1 saturated heterocycles. The largest absolute Gasteiger partial charge is 0.465 e. The molecule has 1 aliphatic rings. The Balaban J connectivity index is 1.62. The molecule has 0 radical (unpaired) electrons. The molecule has 4 rings (SSSR count). The Hall–Kier alpha value is -3.85. The molecule has 9 nitrogen and oxygen atoms in total. The van der Waals surface area contributed by atoms with Crippen molar-refractivity contribution in [3.8, 4) is 0 Å². The molecule has 37 heavy (non-hydrogen) atoms. The van der Waals surface area contributed by atoms with Crippen molar-refractivity contribution in [3.05, 3.63) is 71.9 Å². The van der Waals surface area contributed by atoms with Gasteiger partial charge in [0, 0.05) is 57.8 Å². The van der Waals surface area contributed by atoms with Crippen molar-refractivity contribution < 1.29 is 19.5 Å². The summed E-state index contributed by atoms with van der Waals surface area (Å²) in [5.74, 6) is -0.372. The number of amides is 3. The molecule has 0 bridgehead atoms. The number of aromatic nitrogens is 1. The first kappa shape index (κ1) is 26.2. The monoisotopic (exact) mass is 505 g/mol. The van der Waals surface area contributed by atoms with Crippen molar-refractivity contribution in [1.29, 1.82) is 0 Å². The molecule has 2 heterocycles. The van der Waals surface area contributed by atoms with E-state index in [0.717, 1.165) is 22.0 Å². The van der Waals surface area contributed by atoms with Crippen LogP contribution in [-0.4, -0.2) is 83.2 Å². The highest BCUT2D eigenvalue weighted by atomic mass is 16.4. The van der Waals surface area contributed by atoms with Gasteiger partial charge < -0.3 is 20.3 Å². The molecule has 9 heteroatoms. The second-order valence-electron chi connectivity index (χ2n) is 10.0. The van der Waals surface area contributed by atoms with Crippen LogP contribution in [0.3, 0.4) is 0 Å². The van der Waals surface area contributed by atoms with Crippen LogP contribution < -0.4 is 5.32 Å². The second-order valence-corrected chi connectivity index (χ2v) is 10.0. The lowest BCUT2D eigenvalue weighted by Gasteiger charge is -2.45. The summed E-state index contributed by atoms with van der Waals surface area (Å²) in [5, 5.41) is 16.3. The zero-order valence-electron chi connectivity index (χ0n) is 21.6. The molecular weight excluding hydrogens is 470 g/mol. The van der Waals surface area contributed by atoms with Gasteiger partial charge in [0.25, 0.3) is 0 Å². The highest BCUT2D eigenvalue weighted by Crippen LogP contribution is 2.36. The molecule has 3 amide bonds. The van der Waals surface area contributed by atoms with Crippen LogP contribution in [0.2, 0.25) is 0 Å². The summed E-state index contributed by atoms with van der Waals surface area (Å²) >= 11 is 0. The first-order chi connectivity index (χ1) is 17.7. The molecule has 3 N–H and O–H groups in total. The van der Waals surface area contributed by atoms with E-state index in [0.29, 0.717) is 25.8 Å². The SMILES string of the molecule is CN(C)N(C)C(=O)[C@@]1(Cc2ccccc2)CCCN(C(=O)[C@@H](Cc2c[nH]c3ccccc23)NC(=O)O)C1. The number of hydrogen-bond acceptors (Lipinski definition) is 4. The maximum Gasteiger partial charge on any atom is 0.405 e. The number of aromatic amines is 1. The highest BCUT2D eigenvalue weighted by molar-refractivity contribution is 5.89. The average molecular weight is 506 g/mol. The van der Waals surface area contributed by atoms with Crippen LogP contribution in [0.4, 0.5) is 4.79 Å². The second kappa shape index (κ2) is 11.0. The Bertz CT molecular complexity index is 1260. The number of benzene rings is 2. The summed E-state index contributed by atoms with van der Waals surface area (Å²) < 4.78 is 0. The van der Waals surface area contributed by atoms with E-state index in [1.165, 1.54) is 0 Å². The zero-order chi connectivity index (χ0) is 26.6. The Morgan fingerprint density at radius 2 is 1.78 bits per heavy atom. The first-order valence-corrected chi connectivity index (χ1v) is 12.5. The average Bonchev–Trinajstić information content (AvgIpc) is 3.30. The summed E-state index contributed by atoms with van der Waals surface area (Å²) in [6.45, 7) is 0.698. The predicted molar refractivity (Wildman–Crippen MR) is 142 cm³/mol. The number of rotatable bonds is 8. The topological polar surface area (TPSA) is 109 Å². The van der Waals surface area contributed by atoms with E-state index in [9.17, 15) is 19.5 Å². The Kier molecular flexibility index (Phi) is 7.83. The minimum atomic E-state index is -1.26. The lowest BCUT2D eigenvalue weighted by atomic mass is 9.74. The summed E-state index contributed by atoms with van der Waals surface area (Å²) in [6, 6.07) is 16.6. The van der Waals surface area contributed by atoms with Crippen LogP contribution in [0.15, 0.2) is 60.8 Å². The molecule has 0 saturated carbocycles. The number of para-hydroxylation sites is 1. The van der Waals surface area contributed by atoms with Crippen LogP contribution in [0.25, 0.3) is 10.9 Å². The maximum atomic E-state index is 13.8. The summed E-state index contributed by atoms with van der Waals surface area (Å²) in [4.78, 5) is 44.2. The van der Waals surface area contributed by atoms with Gasteiger partial charge in [-0.15, -0.1) is 0 Å².